The number of nitrogens with one attached hydrogen (secondary N) is 1. The van der Waals surface area contributed by atoms with Gasteiger partial charge in [0.25, 0.3) is 0 Å². The smallest absolute Gasteiger partial charge is 0.408 e. The number of carbonyl (C=O) groups excluding carboxylic acids is 1. The summed E-state index contributed by atoms with van der Waals surface area (Å²) in [5.74, 6) is -1.08. The van der Waals surface area contributed by atoms with Gasteiger partial charge in [0.2, 0.25) is 0 Å². The number of carboxylic acid groups (broad SMARTS) is 1. The lowest BCUT2D eigenvalue weighted by atomic mass is 9.96. The fourth-order valence-electron chi connectivity index (χ4n) is 2.11. The molecule has 2 N–H and O–H groups in total. The predicted octanol–water partition coefficient (Wildman–Crippen LogP) is 3.13. The molecule has 1 amide bonds. The minimum atomic E-state index is -1.08. The van der Waals surface area contributed by atoms with Crippen LogP contribution in [-0.2, 0) is 16.0 Å². The highest BCUT2D eigenvalue weighted by molar-refractivity contribution is 5.80. The number of alkyl carbamates (subject to hydrolysis) is 1. The van der Waals surface area contributed by atoms with E-state index < -0.39 is 23.7 Å². The molecule has 0 aliphatic carbocycles. The number of benzene rings is 1. The molecule has 0 radical (unpaired) electrons. The molecule has 0 aliphatic rings. The quantitative estimate of drug-likeness (QED) is 0.896. The third-order valence-electron chi connectivity index (χ3n) is 3.37. The van der Waals surface area contributed by atoms with Crippen LogP contribution in [0.15, 0.2) is 12.1 Å². The van der Waals surface area contributed by atoms with Gasteiger partial charge in [0.15, 0.2) is 0 Å². The van der Waals surface area contributed by atoms with Gasteiger partial charge < -0.3 is 15.2 Å². The van der Waals surface area contributed by atoms with E-state index in [-0.39, 0.29) is 6.42 Å². The monoisotopic (exact) mass is 307 g/mol. The first-order valence-electron chi connectivity index (χ1n) is 7.28. The van der Waals surface area contributed by atoms with E-state index in [1.165, 1.54) is 0 Å². The van der Waals surface area contributed by atoms with Crippen LogP contribution in [0.4, 0.5) is 4.79 Å². The maximum Gasteiger partial charge on any atom is 0.408 e. The van der Waals surface area contributed by atoms with Crippen LogP contribution in [-0.4, -0.2) is 28.8 Å². The van der Waals surface area contributed by atoms with Crippen LogP contribution >= 0.6 is 0 Å². The van der Waals surface area contributed by atoms with Crippen molar-refractivity contribution in [3.05, 3.63) is 34.4 Å². The van der Waals surface area contributed by atoms with Gasteiger partial charge in [-0.2, -0.15) is 0 Å². The van der Waals surface area contributed by atoms with E-state index in [0.29, 0.717) is 0 Å². The van der Waals surface area contributed by atoms with E-state index in [4.69, 9.17) is 4.74 Å². The van der Waals surface area contributed by atoms with E-state index in [9.17, 15) is 14.7 Å². The van der Waals surface area contributed by atoms with Gasteiger partial charge in [0.05, 0.1) is 0 Å². The molecular weight excluding hydrogens is 282 g/mol. The minimum absolute atomic E-state index is 0.224. The molecule has 0 bridgehead atoms. The lowest BCUT2D eigenvalue weighted by molar-refractivity contribution is -0.139. The van der Waals surface area contributed by atoms with Crippen LogP contribution in [0.5, 0.6) is 0 Å². The summed E-state index contributed by atoms with van der Waals surface area (Å²) in [5.41, 5.74) is 3.52. The number of aliphatic carboxylic acids is 1. The maximum atomic E-state index is 11.8. The molecule has 0 heterocycles. The molecule has 1 aromatic carbocycles. The second kappa shape index (κ2) is 6.81. The number of hydrogen-bond donors (Lipinski definition) is 2. The first-order valence-corrected chi connectivity index (χ1v) is 7.28. The summed E-state index contributed by atoms with van der Waals surface area (Å²) >= 11 is 0. The molecule has 1 rings (SSSR count). The van der Waals surface area contributed by atoms with Crippen molar-refractivity contribution in [2.45, 2.75) is 59.6 Å². The average Bonchev–Trinajstić information content (AvgIpc) is 2.32. The van der Waals surface area contributed by atoms with Crippen LogP contribution in [0.3, 0.4) is 0 Å². The number of carboxylic acids is 1. The molecular formula is C17H25NO4. The number of aryl methyl sites for hydroxylation is 3. The SMILES string of the molecule is Cc1cc(C)c(CC(NC(=O)OC(C)(C)C)C(=O)O)cc1C. The number of rotatable bonds is 4. The van der Waals surface area contributed by atoms with E-state index >= 15 is 0 Å². The molecule has 122 valence electrons. The minimum Gasteiger partial charge on any atom is -0.480 e. The Labute approximate surface area is 131 Å². The maximum absolute atomic E-state index is 11.8. The number of amides is 1. The van der Waals surface area contributed by atoms with Gasteiger partial charge in [-0.3, -0.25) is 0 Å². The van der Waals surface area contributed by atoms with E-state index in [2.05, 4.69) is 5.32 Å². The summed E-state index contributed by atoms with van der Waals surface area (Å²) in [4.78, 5) is 23.2. The normalized spacial score (nSPS) is 12.6. The standard InChI is InChI=1S/C17H25NO4/c1-10-7-12(3)13(8-11(10)2)9-14(15(19)20)18-16(21)22-17(4,5)6/h7-8,14H,9H2,1-6H3,(H,18,21)(H,19,20). The molecule has 1 atom stereocenters. The molecule has 0 saturated carbocycles. The van der Waals surface area contributed by atoms with E-state index in [1.54, 1.807) is 20.8 Å². The van der Waals surface area contributed by atoms with Gasteiger partial charge in [-0.05, 0) is 63.8 Å². The number of carbonyl (C=O) groups is 2. The van der Waals surface area contributed by atoms with Crippen LogP contribution in [0.2, 0.25) is 0 Å². The highest BCUT2D eigenvalue weighted by Crippen LogP contribution is 2.17. The Balaban J connectivity index is 2.88. The highest BCUT2D eigenvalue weighted by Gasteiger charge is 2.24. The van der Waals surface area contributed by atoms with Gasteiger partial charge in [0, 0.05) is 6.42 Å². The molecule has 0 aliphatic heterocycles. The highest BCUT2D eigenvalue weighted by atomic mass is 16.6. The zero-order chi connectivity index (χ0) is 17.1. The van der Waals surface area contributed by atoms with E-state index in [1.807, 2.05) is 32.9 Å². The number of ether oxygens (including phenoxy) is 1. The van der Waals surface area contributed by atoms with Crippen molar-refractivity contribution in [2.75, 3.05) is 0 Å². The first-order chi connectivity index (χ1) is 9.99. The van der Waals surface area contributed by atoms with Gasteiger partial charge in [-0.1, -0.05) is 12.1 Å². The van der Waals surface area contributed by atoms with Crippen LogP contribution < -0.4 is 5.32 Å². The summed E-state index contributed by atoms with van der Waals surface area (Å²) in [6.07, 6.45) is -0.497. The second-order valence-corrected chi connectivity index (χ2v) is 6.60. The third-order valence-corrected chi connectivity index (χ3v) is 3.37. The Morgan fingerprint density at radius 1 is 1.14 bits per heavy atom. The lowest BCUT2D eigenvalue weighted by Gasteiger charge is -2.22. The van der Waals surface area contributed by atoms with Crippen LogP contribution in [0.25, 0.3) is 0 Å². The van der Waals surface area contributed by atoms with Crippen molar-refractivity contribution in [1.29, 1.82) is 0 Å². The summed E-state index contributed by atoms with van der Waals surface area (Å²) in [6.45, 7) is 11.1. The largest absolute Gasteiger partial charge is 0.480 e. The fraction of sp³-hybridized carbons (Fsp3) is 0.529. The van der Waals surface area contributed by atoms with Gasteiger partial charge >= 0.3 is 12.1 Å². The van der Waals surface area contributed by atoms with Gasteiger partial charge in [0.1, 0.15) is 11.6 Å². The predicted molar refractivity (Wildman–Crippen MR) is 85.2 cm³/mol. The second-order valence-electron chi connectivity index (χ2n) is 6.60. The Morgan fingerprint density at radius 3 is 2.18 bits per heavy atom. The number of hydrogen-bond acceptors (Lipinski definition) is 3. The summed E-state index contributed by atoms with van der Waals surface area (Å²) in [6, 6.07) is 2.98. The molecule has 0 fully saturated rings. The average molecular weight is 307 g/mol. The Morgan fingerprint density at radius 2 is 1.68 bits per heavy atom. The van der Waals surface area contributed by atoms with Gasteiger partial charge in [-0.25, -0.2) is 9.59 Å². The fourth-order valence-corrected chi connectivity index (χ4v) is 2.11. The first kappa shape index (κ1) is 18.0. The zero-order valence-corrected chi connectivity index (χ0v) is 14.1. The van der Waals surface area contributed by atoms with Crippen molar-refractivity contribution < 1.29 is 19.4 Å². The molecule has 0 saturated heterocycles. The van der Waals surface area contributed by atoms with Crippen molar-refractivity contribution >= 4 is 12.1 Å². The van der Waals surface area contributed by atoms with Gasteiger partial charge in [-0.15, -0.1) is 0 Å². The summed E-state index contributed by atoms with van der Waals surface area (Å²) in [5, 5.41) is 11.7. The molecule has 5 heteroatoms. The molecule has 22 heavy (non-hydrogen) atoms. The summed E-state index contributed by atoms with van der Waals surface area (Å²) < 4.78 is 5.12. The summed E-state index contributed by atoms with van der Waals surface area (Å²) in [7, 11) is 0. The van der Waals surface area contributed by atoms with E-state index in [0.717, 1.165) is 22.3 Å². The van der Waals surface area contributed by atoms with Crippen LogP contribution in [0, 0.1) is 20.8 Å². The Hall–Kier alpha value is -2.04. The van der Waals surface area contributed by atoms with Crippen LogP contribution in [0.1, 0.15) is 43.0 Å². The van der Waals surface area contributed by atoms with Crippen molar-refractivity contribution in [3.8, 4) is 0 Å². The molecule has 5 nitrogen and oxygen atoms in total. The molecule has 1 unspecified atom stereocenters. The topological polar surface area (TPSA) is 75.6 Å². The Bertz CT molecular complexity index is 573. The lowest BCUT2D eigenvalue weighted by Crippen LogP contribution is -2.44. The zero-order valence-electron chi connectivity index (χ0n) is 14.1. The molecule has 0 spiro atoms. The third kappa shape index (κ3) is 5.39. The van der Waals surface area contributed by atoms with Crippen molar-refractivity contribution in [1.82, 2.24) is 5.32 Å². The molecule has 0 aromatic heterocycles. The van der Waals surface area contributed by atoms with Crippen molar-refractivity contribution in [2.24, 2.45) is 0 Å². The Kier molecular flexibility index (Phi) is 5.58. The molecule has 1 aromatic rings. The van der Waals surface area contributed by atoms with Crippen molar-refractivity contribution in [3.63, 3.8) is 0 Å².